The van der Waals surface area contributed by atoms with Crippen molar-refractivity contribution in [3.8, 4) is 0 Å². The highest BCUT2D eigenvalue weighted by molar-refractivity contribution is 5.70. The average Bonchev–Trinajstić information content (AvgIpc) is 3.44. The largest absolute Gasteiger partial charge is 0.457 e. The van der Waals surface area contributed by atoms with Crippen LogP contribution in [0, 0.1) is 11.8 Å². The average molecular weight is 649 g/mol. The van der Waals surface area contributed by atoms with Gasteiger partial charge in [0.15, 0.2) is 6.10 Å². The lowest BCUT2D eigenvalue weighted by molar-refractivity contribution is -0.151. The van der Waals surface area contributed by atoms with Crippen LogP contribution in [0.3, 0.4) is 0 Å². The number of aliphatic hydroxyl groups is 4. The molecule has 4 aliphatic rings. The lowest BCUT2D eigenvalue weighted by Crippen LogP contribution is -2.50. The Morgan fingerprint density at radius 1 is 1.28 bits per heavy atom. The zero-order valence-corrected chi connectivity index (χ0v) is 28.5. The van der Waals surface area contributed by atoms with E-state index in [0.29, 0.717) is 31.0 Å². The molecule has 0 saturated carbocycles. The number of ether oxygens (including phenoxy) is 3. The summed E-state index contributed by atoms with van der Waals surface area (Å²) in [4.78, 5) is 30.1. The predicted molar refractivity (Wildman–Crippen MR) is 173 cm³/mol. The Hall–Kier alpha value is -2.28. The van der Waals surface area contributed by atoms with E-state index in [1.165, 1.54) is 0 Å². The number of epoxide rings is 1. The van der Waals surface area contributed by atoms with E-state index in [-0.39, 0.29) is 49.3 Å². The van der Waals surface area contributed by atoms with Gasteiger partial charge in [0.25, 0.3) is 0 Å². The summed E-state index contributed by atoms with van der Waals surface area (Å²) in [5.74, 6) is -0.935. The highest BCUT2D eigenvalue weighted by atomic mass is 16.6. The third kappa shape index (κ3) is 9.20. The van der Waals surface area contributed by atoms with Gasteiger partial charge in [0.05, 0.1) is 36.4 Å². The number of fused-ring (bicyclic) bond motifs is 2. The van der Waals surface area contributed by atoms with Crippen LogP contribution in [0.15, 0.2) is 36.0 Å². The number of amides is 1. The lowest BCUT2D eigenvalue weighted by atomic mass is 9.88. The molecular formula is C35H56N2O9. The molecule has 4 heterocycles. The molecule has 1 amide bonds. The first-order valence-corrected chi connectivity index (χ1v) is 16.9. The second kappa shape index (κ2) is 14.9. The minimum Gasteiger partial charge on any atom is -0.457 e. The summed E-state index contributed by atoms with van der Waals surface area (Å²) >= 11 is 0. The number of hydrogen-bond acceptors (Lipinski definition) is 10. The number of cyclic esters (lactones) is 1. The van der Waals surface area contributed by atoms with Crippen LogP contribution in [0.4, 0.5) is 4.79 Å². The van der Waals surface area contributed by atoms with Crippen molar-refractivity contribution in [3.05, 3.63) is 36.0 Å². The fourth-order valence-electron chi connectivity index (χ4n) is 7.07. The maximum Gasteiger partial charge on any atom is 0.410 e. The van der Waals surface area contributed by atoms with Crippen molar-refractivity contribution in [2.45, 2.75) is 140 Å². The summed E-state index contributed by atoms with van der Waals surface area (Å²) in [5.41, 5.74) is -1.92. The first kappa shape index (κ1) is 36.6. The molecule has 3 saturated heterocycles. The molecule has 11 heteroatoms. The molecule has 12 atom stereocenters. The Bertz CT molecular complexity index is 1160. The zero-order valence-electron chi connectivity index (χ0n) is 28.5. The van der Waals surface area contributed by atoms with E-state index >= 15 is 0 Å². The van der Waals surface area contributed by atoms with Gasteiger partial charge < -0.3 is 39.5 Å². The molecule has 0 aromatic rings. The normalized spacial score (nSPS) is 38.5. The first-order chi connectivity index (χ1) is 21.5. The standard InChI is InChI=1S/C35H56N2O9/c1-8-27(39)23(4)32-28(44-32)18-34(5,42)14-9-10-21(2)31-22(3)11-12-29(35(6,43)15-13-26(38)17-30(40)46-31)45-33(41)37-20-24-16-25(37)19-36(24)7/h9-12,14,22-29,31-32,38-39,42-43H,8,13,15-20H2,1-7H3/t22?,23?,24-,25-,26?,27?,28?,29?,31?,32?,34?,35?/m0/s1. The van der Waals surface area contributed by atoms with Gasteiger partial charge in [-0.05, 0) is 65.2 Å². The second-order valence-electron chi connectivity index (χ2n) is 14.7. The molecule has 2 bridgehead atoms. The number of rotatable bonds is 9. The maximum atomic E-state index is 13.3. The van der Waals surface area contributed by atoms with Crippen molar-refractivity contribution in [2.24, 2.45) is 11.8 Å². The summed E-state index contributed by atoms with van der Waals surface area (Å²) in [6, 6.07) is 0.398. The zero-order chi connectivity index (χ0) is 34.0. The van der Waals surface area contributed by atoms with Crippen molar-refractivity contribution >= 4 is 12.1 Å². The molecule has 0 aromatic carbocycles. The molecule has 4 aliphatic heterocycles. The molecule has 46 heavy (non-hydrogen) atoms. The number of aliphatic hydroxyl groups excluding tert-OH is 2. The molecule has 0 radical (unpaired) electrons. The summed E-state index contributed by atoms with van der Waals surface area (Å²) in [5, 5.41) is 43.2. The number of allylic oxidation sites excluding steroid dienone is 2. The SMILES string of the molecule is CCC(O)C(C)C1OC1CC(C)(O)C=CC=C(C)C1OC(=O)CC(O)CCC(C)(O)C(OC(=O)N2C[C@@H]3C[C@H]2CN3C)C=CC1C. The first-order valence-electron chi connectivity index (χ1n) is 16.9. The molecule has 260 valence electrons. The van der Waals surface area contributed by atoms with Gasteiger partial charge in [0.1, 0.15) is 11.7 Å². The molecule has 0 spiro atoms. The van der Waals surface area contributed by atoms with E-state index in [0.717, 1.165) is 13.0 Å². The van der Waals surface area contributed by atoms with Crippen molar-refractivity contribution in [2.75, 3.05) is 20.1 Å². The number of piperazine rings is 1. The molecular weight excluding hydrogens is 592 g/mol. The highest BCUT2D eigenvalue weighted by Gasteiger charge is 2.48. The maximum absolute atomic E-state index is 13.3. The third-order valence-corrected chi connectivity index (χ3v) is 10.3. The number of likely N-dealkylation sites (N-methyl/N-ethyl adjacent to an activating group) is 1. The van der Waals surface area contributed by atoms with Crippen LogP contribution >= 0.6 is 0 Å². The number of carbonyl (C=O) groups is 2. The smallest absolute Gasteiger partial charge is 0.410 e. The van der Waals surface area contributed by atoms with Gasteiger partial charge in [0.2, 0.25) is 0 Å². The Morgan fingerprint density at radius 2 is 2.00 bits per heavy atom. The molecule has 0 aromatic heterocycles. The number of likely N-dealkylation sites (tertiary alicyclic amines) is 2. The van der Waals surface area contributed by atoms with Crippen LogP contribution in [0.1, 0.15) is 80.1 Å². The van der Waals surface area contributed by atoms with Crippen molar-refractivity contribution < 1.29 is 44.2 Å². The Balaban J connectivity index is 1.46. The van der Waals surface area contributed by atoms with Gasteiger partial charge in [0, 0.05) is 43.4 Å². The van der Waals surface area contributed by atoms with Gasteiger partial charge >= 0.3 is 12.1 Å². The number of nitrogens with zero attached hydrogens (tertiary/aromatic N) is 2. The summed E-state index contributed by atoms with van der Waals surface area (Å²) in [7, 11) is 2.05. The Morgan fingerprint density at radius 3 is 2.63 bits per heavy atom. The van der Waals surface area contributed by atoms with Crippen LogP contribution in [0.25, 0.3) is 0 Å². The minimum atomic E-state index is -1.48. The minimum absolute atomic E-state index is 0.00933. The monoisotopic (exact) mass is 648 g/mol. The van der Waals surface area contributed by atoms with Crippen molar-refractivity contribution in [1.82, 2.24) is 9.80 Å². The van der Waals surface area contributed by atoms with Gasteiger partial charge in [-0.3, -0.25) is 9.69 Å². The van der Waals surface area contributed by atoms with Crippen LogP contribution in [-0.2, 0) is 19.0 Å². The number of carbonyl (C=O) groups excluding carboxylic acids is 2. The third-order valence-electron chi connectivity index (χ3n) is 10.3. The fraction of sp³-hybridized carbons (Fsp3) is 0.771. The Kier molecular flexibility index (Phi) is 11.8. The quantitative estimate of drug-likeness (QED) is 0.127. The second-order valence-corrected chi connectivity index (χ2v) is 14.7. The highest BCUT2D eigenvalue weighted by Crippen LogP contribution is 2.38. The van der Waals surface area contributed by atoms with Gasteiger partial charge in [-0.2, -0.15) is 0 Å². The summed E-state index contributed by atoms with van der Waals surface area (Å²) in [6.07, 6.45) is 6.74. The van der Waals surface area contributed by atoms with E-state index in [2.05, 4.69) is 11.9 Å². The topological polar surface area (TPSA) is 153 Å². The Labute approximate surface area is 273 Å². The number of hydrogen-bond donors (Lipinski definition) is 4. The van der Waals surface area contributed by atoms with Gasteiger partial charge in [-0.15, -0.1) is 0 Å². The molecule has 4 rings (SSSR count). The lowest BCUT2D eigenvalue weighted by Gasteiger charge is -2.36. The fourth-order valence-corrected chi connectivity index (χ4v) is 7.07. The molecule has 10 unspecified atom stereocenters. The van der Waals surface area contributed by atoms with Crippen LogP contribution in [0.2, 0.25) is 0 Å². The van der Waals surface area contributed by atoms with Gasteiger partial charge in [-0.1, -0.05) is 45.1 Å². The van der Waals surface area contributed by atoms with Crippen LogP contribution in [0.5, 0.6) is 0 Å². The van der Waals surface area contributed by atoms with E-state index in [9.17, 15) is 30.0 Å². The molecule has 4 N–H and O–H groups in total. The molecule has 3 fully saturated rings. The van der Waals surface area contributed by atoms with E-state index in [4.69, 9.17) is 14.2 Å². The predicted octanol–water partition coefficient (Wildman–Crippen LogP) is 3.10. The number of esters is 1. The van der Waals surface area contributed by atoms with Crippen LogP contribution in [-0.4, -0.2) is 122 Å². The van der Waals surface area contributed by atoms with E-state index < -0.39 is 47.7 Å². The summed E-state index contributed by atoms with van der Waals surface area (Å²) < 4.78 is 17.5. The van der Waals surface area contributed by atoms with E-state index in [1.54, 1.807) is 49.1 Å². The molecule has 0 aliphatic carbocycles. The summed E-state index contributed by atoms with van der Waals surface area (Å²) in [6.45, 7) is 12.2. The van der Waals surface area contributed by atoms with Crippen molar-refractivity contribution in [3.63, 3.8) is 0 Å². The van der Waals surface area contributed by atoms with E-state index in [1.807, 2.05) is 27.7 Å². The van der Waals surface area contributed by atoms with Crippen LogP contribution < -0.4 is 0 Å². The van der Waals surface area contributed by atoms with Gasteiger partial charge in [-0.25, -0.2) is 4.79 Å². The molecule has 11 nitrogen and oxygen atoms in total. The van der Waals surface area contributed by atoms with Crippen molar-refractivity contribution in [1.29, 1.82) is 0 Å².